The van der Waals surface area contributed by atoms with E-state index in [-0.39, 0.29) is 28.8 Å². The van der Waals surface area contributed by atoms with Crippen molar-refractivity contribution in [3.05, 3.63) is 0 Å². The molecular formula is C10H16O3. The lowest BCUT2D eigenvalue weighted by Gasteiger charge is -2.49. The lowest BCUT2D eigenvalue weighted by atomic mass is 9.52. The topological polar surface area (TPSA) is 54.4 Å². The van der Waals surface area contributed by atoms with Crippen LogP contribution in [0.4, 0.5) is 0 Å². The lowest BCUT2D eigenvalue weighted by Crippen LogP contribution is -2.52. The maximum atomic E-state index is 11.2. The van der Waals surface area contributed by atoms with E-state index < -0.39 is 6.61 Å². The van der Waals surface area contributed by atoms with Gasteiger partial charge in [-0.25, -0.2) is 0 Å². The Balaban J connectivity index is 2.69. The summed E-state index contributed by atoms with van der Waals surface area (Å²) in [6.45, 7) is 4.99. The summed E-state index contributed by atoms with van der Waals surface area (Å²) in [6, 6.07) is 0. The Hall–Kier alpha value is -0.700. The predicted octanol–water partition coefficient (Wildman–Crippen LogP) is 0.799. The third-order valence-electron chi connectivity index (χ3n) is 3.30. The van der Waals surface area contributed by atoms with E-state index in [2.05, 4.69) is 0 Å². The van der Waals surface area contributed by atoms with Crippen LogP contribution in [-0.2, 0) is 9.59 Å². The van der Waals surface area contributed by atoms with Gasteiger partial charge in [0, 0.05) is 11.8 Å². The molecule has 0 aromatic rings. The molecule has 3 nitrogen and oxygen atoms in total. The average Bonchev–Trinajstić information content (AvgIpc) is 2.01. The van der Waals surface area contributed by atoms with E-state index >= 15 is 0 Å². The van der Waals surface area contributed by atoms with Crippen LogP contribution in [0.3, 0.4) is 0 Å². The molecule has 0 saturated heterocycles. The van der Waals surface area contributed by atoms with Crippen molar-refractivity contribution >= 4 is 11.6 Å². The van der Waals surface area contributed by atoms with Crippen LogP contribution in [0.15, 0.2) is 0 Å². The molecule has 1 rings (SSSR count). The molecule has 0 bridgehead atoms. The minimum absolute atomic E-state index is 0.00648. The second-order valence-electron chi connectivity index (χ2n) is 4.40. The standard InChI is InChI=1S/C10H16O3/c1-6(12)7-4-8(9(13)5-11)10(7,2)3/h7-8,11H,4-5H2,1-3H3. The van der Waals surface area contributed by atoms with Gasteiger partial charge in [0.15, 0.2) is 5.78 Å². The molecule has 1 saturated carbocycles. The van der Waals surface area contributed by atoms with Crippen molar-refractivity contribution in [1.82, 2.24) is 0 Å². The Bertz CT molecular complexity index is 243. The van der Waals surface area contributed by atoms with Crippen LogP contribution in [0, 0.1) is 17.3 Å². The first kappa shape index (κ1) is 10.4. The van der Waals surface area contributed by atoms with E-state index in [0.717, 1.165) is 0 Å². The molecule has 1 aliphatic carbocycles. The molecule has 0 radical (unpaired) electrons. The van der Waals surface area contributed by atoms with Crippen molar-refractivity contribution in [2.45, 2.75) is 27.2 Å². The highest BCUT2D eigenvalue weighted by Gasteiger charge is 2.52. The highest BCUT2D eigenvalue weighted by atomic mass is 16.3. The molecule has 0 heterocycles. The first-order valence-electron chi connectivity index (χ1n) is 4.55. The molecule has 74 valence electrons. The normalized spacial score (nSPS) is 30.8. The van der Waals surface area contributed by atoms with E-state index in [1.807, 2.05) is 13.8 Å². The molecule has 0 aromatic carbocycles. The van der Waals surface area contributed by atoms with Gasteiger partial charge in [0.1, 0.15) is 12.4 Å². The van der Waals surface area contributed by atoms with Crippen molar-refractivity contribution < 1.29 is 14.7 Å². The number of rotatable bonds is 3. The third kappa shape index (κ3) is 1.53. The van der Waals surface area contributed by atoms with Gasteiger partial charge < -0.3 is 5.11 Å². The molecule has 1 N–H and O–H groups in total. The van der Waals surface area contributed by atoms with Gasteiger partial charge in [0.25, 0.3) is 0 Å². The maximum absolute atomic E-state index is 11.2. The Morgan fingerprint density at radius 3 is 2.23 bits per heavy atom. The molecule has 0 aromatic heterocycles. The van der Waals surface area contributed by atoms with Crippen molar-refractivity contribution in [1.29, 1.82) is 0 Å². The Morgan fingerprint density at radius 2 is 1.92 bits per heavy atom. The summed E-state index contributed by atoms with van der Waals surface area (Å²) in [5, 5.41) is 8.69. The summed E-state index contributed by atoms with van der Waals surface area (Å²) < 4.78 is 0. The summed E-state index contributed by atoms with van der Waals surface area (Å²) >= 11 is 0. The fourth-order valence-corrected chi connectivity index (χ4v) is 2.27. The minimum Gasteiger partial charge on any atom is -0.389 e. The van der Waals surface area contributed by atoms with Crippen LogP contribution in [0.1, 0.15) is 27.2 Å². The first-order valence-corrected chi connectivity index (χ1v) is 4.55. The van der Waals surface area contributed by atoms with Gasteiger partial charge >= 0.3 is 0 Å². The van der Waals surface area contributed by atoms with Gasteiger partial charge in [-0.15, -0.1) is 0 Å². The molecular weight excluding hydrogens is 168 g/mol. The summed E-state index contributed by atoms with van der Waals surface area (Å²) in [4.78, 5) is 22.3. The summed E-state index contributed by atoms with van der Waals surface area (Å²) in [5.74, 6) is -0.131. The highest BCUT2D eigenvalue weighted by molar-refractivity contribution is 5.88. The molecule has 1 fully saturated rings. The molecule has 0 spiro atoms. The quantitative estimate of drug-likeness (QED) is 0.705. The Labute approximate surface area is 78.1 Å². The lowest BCUT2D eigenvalue weighted by molar-refractivity contribution is -0.149. The van der Waals surface area contributed by atoms with Crippen molar-refractivity contribution in [3.63, 3.8) is 0 Å². The second-order valence-corrected chi connectivity index (χ2v) is 4.40. The zero-order valence-corrected chi connectivity index (χ0v) is 8.33. The fourth-order valence-electron chi connectivity index (χ4n) is 2.27. The number of hydrogen-bond donors (Lipinski definition) is 1. The Morgan fingerprint density at radius 1 is 1.38 bits per heavy atom. The van der Waals surface area contributed by atoms with Gasteiger partial charge in [-0.05, 0) is 18.8 Å². The van der Waals surface area contributed by atoms with Crippen LogP contribution >= 0.6 is 0 Å². The van der Waals surface area contributed by atoms with Crippen molar-refractivity contribution in [3.8, 4) is 0 Å². The average molecular weight is 184 g/mol. The first-order chi connectivity index (χ1) is 5.91. The van der Waals surface area contributed by atoms with E-state index in [1.165, 1.54) is 0 Å². The van der Waals surface area contributed by atoms with Crippen LogP contribution in [0.2, 0.25) is 0 Å². The zero-order chi connectivity index (χ0) is 10.2. The number of aliphatic hydroxyl groups is 1. The van der Waals surface area contributed by atoms with E-state index in [1.54, 1.807) is 6.92 Å². The maximum Gasteiger partial charge on any atom is 0.161 e. The minimum atomic E-state index is -0.404. The van der Waals surface area contributed by atoms with Gasteiger partial charge in [0.05, 0.1) is 0 Å². The molecule has 3 heteroatoms. The number of ketones is 2. The van der Waals surface area contributed by atoms with Crippen LogP contribution < -0.4 is 0 Å². The fraction of sp³-hybridized carbons (Fsp3) is 0.800. The molecule has 0 aliphatic heterocycles. The number of carbonyl (C=O) groups excluding carboxylic acids is 2. The van der Waals surface area contributed by atoms with E-state index in [9.17, 15) is 9.59 Å². The SMILES string of the molecule is CC(=O)C1CC(C(=O)CO)C1(C)C. The molecule has 2 unspecified atom stereocenters. The van der Waals surface area contributed by atoms with E-state index in [0.29, 0.717) is 6.42 Å². The predicted molar refractivity (Wildman–Crippen MR) is 48.2 cm³/mol. The van der Waals surface area contributed by atoms with Gasteiger partial charge in [0.2, 0.25) is 0 Å². The number of aliphatic hydroxyl groups excluding tert-OH is 1. The van der Waals surface area contributed by atoms with Crippen molar-refractivity contribution in [2.75, 3.05) is 6.61 Å². The smallest absolute Gasteiger partial charge is 0.161 e. The van der Waals surface area contributed by atoms with Crippen molar-refractivity contribution in [2.24, 2.45) is 17.3 Å². The summed E-state index contributed by atoms with van der Waals surface area (Å²) in [6.07, 6.45) is 0.613. The third-order valence-corrected chi connectivity index (χ3v) is 3.30. The monoisotopic (exact) mass is 184 g/mol. The second kappa shape index (κ2) is 3.22. The number of carbonyl (C=O) groups is 2. The molecule has 13 heavy (non-hydrogen) atoms. The van der Waals surface area contributed by atoms with Gasteiger partial charge in [-0.3, -0.25) is 9.59 Å². The number of hydrogen-bond acceptors (Lipinski definition) is 3. The van der Waals surface area contributed by atoms with Crippen LogP contribution in [0.25, 0.3) is 0 Å². The summed E-state index contributed by atoms with van der Waals surface area (Å²) in [5.41, 5.74) is -0.258. The number of Topliss-reactive ketones (excluding diaryl/α,β-unsaturated/α-hetero) is 2. The molecule has 2 atom stereocenters. The molecule has 1 aliphatic rings. The molecule has 0 amide bonds. The van der Waals surface area contributed by atoms with Crippen LogP contribution in [-0.4, -0.2) is 23.3 Å². The largest absolute Gasteiger partial charge is 0.389 e. The van der Waals surface area contributed by atoms with Crippen LogP contribution in [0.5, 0.6) is 0 Å². The summed E-state index contributed by atoms with van der Waals surface area (Å²) in [7, 11) is 0. The Kier molecular flexibility index (Phi) is 2.57. The van der Waals surface area contributed by atoms with Gasteiger partial charge in [-0.1, -0.05) is 13.8 Å². The van der Waals surface area contributed by atoms with E-state index in [4.69, 9.17) is 5.11 Å². The van der Waals surface area contributed by atoms with Gasteiger partial charge in [-0.2, -0.15) is 0 Å². The highest BCUT2D eigenvalue weighted by Crippen LogP contribution is 2.51. The zero-order valence-electron chi connectivity index (χ0n) is 8.33.